The van der Waals surface area contributed by atoms with Gasteiger partial charge in [0, 0.05) is 20.3 Å². The molecule has 0 aromatic rings. The van der Waals surface area contributed by atoms with Gasteiger partial charge in [-0.05, 0) is 12.2 Å². The van der Waals surface area contributed by atoms with Crippen molar-refractivity contribution in [3.8, 4) is 0 Å². The highest BCUT2D eigenvalue weighted by atomic mass is 16.5. The summed E-state index contributed by atoms with van der Waals surface area (Å²) in [6.07, 6.45) is 4.29. The smallest absolute Gasteiger partial charge is 0.302 e. The largest absolute Gasteiger partial charge is 0.462 e. The Hall–Kier alpha value is -1.66. The topological polar surface area (TPSA) is 93.1 Å². The normalized spacial score (nSPS) is 14.5. The van der Waals surface area contributed by atoms with E-state index in [-0.39, 0.29) is 19.6 Å². The van der Waals surface area contributed by atoms with Crippen molar-refractivity contribution >= 4 is 11.9 Å². The van der Waals surface area contributed by atoms with Gasteiger partial charge in [0.1, 0.15) is 13.2 Å². The highest BCUT2D eigenvalue weighted by Crippen LogP contribution is 2.01. The molecule has 0 fully saturated rings. The fourth-order valence-corrected chi connectivity index (χ4v) is 1.16. The van der Waals surface area contributed by atoms with E-state index in [2.05, 4.69) is 9.47 Å². The van der Waals surface area contributed by atoms with Crippen LogP contribution in [0.1, 0.15) is 20.3 Å². The summed E-state index contributed by atoms with van der Waals surface area (Å²) >= 11 is 0. The first-order valence-corrected chi connectivity index (χ1v) is 5.88. The molecular weight excluding hydrogens is 252 g/mol. The van der Waals surface area contributed by atoms with E-state index in [1.165, 1.54) is 38.2 Å². The van der Waals surface area contributed by atoms with Gasteiger partial charge >= 0.3 is 11.9 Å². The first-order chi connectivity index (χ1) is 8.91. The van der Waals surface area contributed by atoms with Gasteiger partial charge in [-0.25, -0.2) is 0 Å². The van der Waals surface area contributed by atoms with Crippen molar-refractivity contribution in [2.75, 3.05) is 13.2 Å². The lowest BCUT2D eigenvalue weighted by Crippen LogP contribution is -2.14. The second-order valence-corrected chi connectivity index (χ2v) is 3.83. The Morgan fingerprint density at radius 3 is 1.63 bits per heavy atom. The Morgan fingerprint density at radius 1 is 0.947 bits per heavy atom. The molecule has 19 heavy (non-hydrogen) atoms. The molecule has 0 rings (SSSR count). The molecule has 0 aliphatic carbocycles. The number of ether oxygens (including phenoxy) is 2. The minimum absolute atomic E-state index is 0.0881. The lowest BCUT2D eigenvalue weighted by molar-refractivity contribution is -0.140. The van der Waals surface area contributed by atoms with Gasteiger partial charge in [0.2, 0.25) is 0 Å². The summed E-state index contributed by atoms with van der Waals surface area (Å²) in [6.45, 7) is 2.76. The van der Waals surface area contributed by atoms with Crippen LogP contribution in [0.25, 0.3) is 0 Å². The quantitative estimate of drug-likeness (QED) is 0.489. The molecule has 108 valence electrons. The summed E-state index contributed by atoms with van der Waals surface area (Å²) in [7, 11) is 0. The summed E-state index contributed by atoms with van der Waals surface area (Å²) in [6, 6.07) is 0. The Balaban J connectivity index is 3.81. The number of hydrogen-bond donors (Lipinski definition) is 2. The van der Waals surface area contributed by atoms with Crippen molar-refractivity contribution in [2.24, 2.45) is 0 Å². The average Bonchev–Trinajstić information content (AvgIpc) is 2.30. The van der Waals surface area contributed by atoms with Crippen LogP contribution >= 0.6 is 0 Å². The second kappa shape index (κ2) is 10.3. The molecule has 0 saturated carbocycles. The van der Waals surface area contributed by atoms with Crippen LogP contribution in [0.5, 0.6) is 0 Å². The molecule has 2 atom stereocenters. The van der Waals surface area contributed by atoms with E-state index in [4.69, 9.17) is 0 Å². The molecule has 0 bridgehead atoms. The number of hydrogen-bond acceptors (Lipinski definition) is 6. The lowest BCUT2D eigenvalue weighted by Gasteiger charge is -2.09. The van der Waals surface area contributed by atoms with Crippen LogP contribution in [0.4, 0.5) is 0 Å². The molecule has 0 aromatic heterocycles. The number of esters is 2. The SMILES string of the molecule is CC(=O)OC/C=C/[C@@H](O)C[C@@H](O)/C=C/COC(C)=O. The zero-order valence-corrected chi connectivity index (χ0v) is 11.1. The Bertz CT molecular complexity index is 302. The highest BCUT2D eigenvalue weighted by molar-refractivity contribution is 5.66. The highest BCUT2D eigenvalue weighted by Gasteiger charge is 2.05. The molecule has 0 aliphatic rings. The van der Waals surface area contributed by atoms with E-state index in [0.29, 0.717) is 0 Å². The van der Waals surface area contributed by atoms with E-state index < -0.39 is 24.1 Å². The summed E-state index contributed by atoms with van der Waals surface area (Å²) in [5.41, 5.74) is 0. The first kappa shape index (κ1) is 17.3. The van der Waals surface area contributed by atoms with Crippen LogP contribution in [-0.4, -0.2) is 47.6 Å². The van der Waals surface area contributed by atoms with Gasteiger partial charge in [0.05, 0.1) is 12.2 Å². The average molecular weight is 272 g/mol. The molecule has 0 amide bonds. The summed E-state index contributed by atoms with van der Waals surface area (Å²) in [5, 5.41) is 19.0. The molecule has 0 aliphatic heterocycles. The number of aliphatic hydroxyl groups is 2. The predicted molar refractivity (Wildman–Crippen MR) is 68.2 cm³/mol. The van der Waals surface area contributed by atoms with Gasteiger partial charge in [-0.15, -0.1) is 0 Å². The fourth-order valence-electron chi connectivity index (χ4n) is 1.16. The number of rotatable bonds is 8. The molecule has 0 radical (unpaired) electrons. The molecule has 0 saturated heterocycles. The lowest BCUT2D eigenvalue weighted by atomic mass is 10.1. The maximum Gasteiger partial charge on any atom is 0.302 e. The van der Waals surface area contributed by atoms with Gasteiger partial charge in [-0.1, -0.05) is 12.2 Å². The Morgan fingerprint density at radius 2 is 1.32 bits per heavy atom. The number of aliphatic hydroxyl groups excluding tert-OH is 2. The Kier molecular flexibility index (Phi) is 9.38. The minimum atomic E-state index is -0.844. The van der Waals surface area contributed by atoms with Crippen molar-refractivity contribution in [2.45, 2.75) is 32.5 Å². The fraction of sp³-hybridized carbons (Fsp3) is 0.538. The van der Waals surface area contributed by atoms with Crippen molar-refractivity contribution in [1.82, 2.24) is 0 Å². The third-order valence-corrected chi connectivity index (χ3v) is 1.97. The molecule has 0 aromatic carbocycles. The van der Waals surface area contributed by atoms with Crippen LogP contribution in [0.15, 0.2) is 24.3 Å². The molecule has 2 N–H and O–H groups in total. The van der Waals surface area contributed by atoms with Crippen LogP contribution in [0.3, 0.4) is 0 Å². The van der Waals surface area contributed by atoms with E-state index in [1.54, 1.807) is 0 Å². The van der Waals surface area contributed by atoms with E-state index >= 15 is 0 Å². The maximum absolute atomic E-state index is 10.5. The molecule has 6 heteroatoms. The standard InChI is InChI=1S/C13H20O6/c1-10(14)18-7-3-5-12(16)9-13(17)6-4-8-19-11(2)15/h3-6,12-13,16-17H,7-9H2,1-2H3/b5-3+,6-4+/t12-,13+. The van der Waals surface area contributed by atoms with Crippen molar-refractivity contribution in [1.29, 1.82) is 0 Å². The minimum Gasteiger partial charge on any atom is -0.462 e. The summed E-state index contributed by atoms with van der Waals surface area (Å²) < 4.78 is 9.27. The zero-order valence-electron chi connectivity index (χ0n) is 11.1. The molecule has 0 heterocycles. The van der Waals surface area contributed by atoms with E-state index in [0.717, 1.165) is 0 Å². The third-order valence-electron chi connectivity index (χ3n) is 1.97. The van der Waals surface area contributed by atoms with Gasteiger partial charge in [-0.2, -0.15) is 0 Å². The Labute approximate surface area is 112 Å². The predicted octanol–water partition coefficient (Wildman–Crippen LogP) is 0.337. The molecule has 0 spiro atoms. The van der Waals surface area contributed by atoms with Crippen molar-refractivity contribution in [3.05, 3.63) is 24.3 Å². The summed E-state index contributed by atoms with van der Waals surface area (Å²) in [4.78, 5) is 20.9. The van der Waals surface area contributed by atoms with Gasteiger partial charge < -0.3 is 19.7 Å². The van der Waals surface area contributed by atoms with Gasteiger partial charge in [-0.3, -0.25) is 9.59 Å². The number of carbonyl (C=O) groups excluding carboxylic acids is 2. The monoisotopic (exact) mass is 272 g/mol. The summed E-state index contributed by atoms with van der Waals surface area (Å²) in [5.74, 6) is -0.792. The van der Waals surface area contributed by atoms with Gasteiger partial charge in [0.25, 0.3) is 0 Å². The second-order valence-electron chi connectivity index (χ2n) is 3.83. The van der Waals surface area contributed by atoms with Crippen LogP contribution in [0, 0.1) is 0 Å². The van der Waals surface area contributed by atoms with Crippen LogP contribution in [0.2, 0.25) is 0 Å². The van der Waals surface area contributed by atoms with Crippen LogP contribution < -0.4 is 0 Å². The van der Waals surface area contributed by atoms with E-state index in [9.17, 15) is 19.8 Å². The molecule has 0 unspecified atom stereocenters. The van der Waals surface area contributed by atoms with Crippen molar-refractivity contribution in [3.63, 3.8) is 0 Å². The third kappa shape index (κ3) is 12.6. The maximum atomic E-state index is 10.5. The molecular formula is C13H20O6. The van der Waals surface area contributed by atoms with Gasteiger partial charge in [0.15, 0.2) is 0 Å². The molecule has 6 nitrogen and oxygen atoms in total. The number of carbonyl (C=O) groups is 2. The zero-order chi connectivity index (χ0) is 14.7. The van der Waals surface area contributed by atoms with Crippen molar-refractivity contribution < 1.29 is 29.3 Å². The first-order valence-electron chi connectivity index (χ1n) is 5.88. The van der Waals surface area contributed by atoms with E-state index in [1.807, 2.05) is 0 Å². The van der Waals surface area contributed by atoms with Crippen LogP contribution in [-0.2, 0) is 19.1 Å².